The summed E-state index contributed by atoms with van der Waals surface area (Å²) in [6.45, 7) is 4.88. The van der Waals surface area contributed by atoms with Crippen LogP contribution < -0.4 is 5.32 Å². The maximum absolute atomic E-state index is 11.6. The average Bonchev–Trinajstić information content (AvgIpc) is 2.34. The Bertz CT molecular complexity index is 335. The topological polar surface area (TPSA) is 38.3 Å². The first kappa shape index (κ1) is 13.7. The zero-order chi connectivity index (χ0) is 12.7. The largest absolute Gasteiger partial charge is 0.468 e. The molecule has 1 aromatic rings. The third-order valence-electron chi connectivity index (χ3n) is 2.59. The molecule has 0 bridgehead atoms. The zero-order valence-corrected chi connectivity index (χ0v) is 10.8. The van der Waals surface area contributed by atoms with Crippen molar-refractivity contribution < 1.29 is 9.53 Å². The van der Waals surface area contributed by atoms with Gasteiger partial charge >= 0.3 is 5.97 Å². The number of esters is 1. The molecule has 94 valence electrons. The lowest BCUT2D eigenvalue weighted by Crippen LogP contribution is -2.38. The van der Waals surface area contributed by atoms with Gasteiger partial charge < -0.3 is 10.1 Å². The van der Waals surface area contributed by atoms with Crippen LogP contribution in [0.1, 0.15) is 25.8 Å². The molecule has 0 heterocycles. The third-order valence-corrected chi connectivity index (χ3v) is 2.59. The Labute approximate surface area is 103 Å². The Morgan fingerprint density at radius 3 is 2.47 bits per heavy atom. The average molecular weight is 235 g/mol. The lowest BCUT2D eigenvalue weighted by Gasteiger charge is -2.18. The Morgan fingerprint density at radius 2 is 1.94 bits per heavy atom. The molecule has 1 rings (SSSR count). The second-order valence-corrected chi connectivity index (χ2v) is 4.57. The number of methoxy groups -OCH3 is 1. The van der Waals surface area contributed by atoms with Crippen LogP contribution in [0.15, 0.2) is 30.3 Å². The van der Waals surface area contributed by atoms with Gasteiger partial charge in [0, 0.05) is 6.54 Å². The Kier molecular flexibility index (Phi) is 5.70. The molecule has 1 N–H and O–H groups in total. The SMILES string of the molecule is COC(=O)[C@@H](CC(C)C)NCc1ccccc1. The van der Waals surface area contributed by atoms with Crippen molar-refractivity contribution in [2.75, 3.05) is 7.11 Å². The first-order chi connectivity index (χ1) is 8.13. The van der Waals surface area contributed by atoms with E-state index in [2.05, 4.69) is 19.2 Å². The van der Waals surface area contributed by atoms with Crippen molar-refractivity contribution in [2.24, 2.45) is 5.92 Å². The van der Waals surface area contributed by atoms with Gasteiger partial charge in [0.2, 0.25) is 0 Å². The lowest BCUT2D eigenvalue weighted by atomic mass is 10.0. The molecule has 17 heavy (non-hydrogen) atoms. The molecule has 0 spiro atoms. The van der Waals surface area contributed by atoms with Crippen LogP contribution in [-0.4, -0.2) is 19.1 Å². The van der Waals surface area contributed by atoms with E-state index in [1.807, 2.05) is 30.3 Å². The number of benzene rings is 1. The van der Waals surface area contributed by atoms with Crippen molar-refractivity contribution in [1.29, 1.82) is 0 Å². The van der Waals surface area contributed by atoms with Crippen LogP contribution in [0.2, 0.25) is 0 Å². The number of ether oxygens (including phenoxy) is 1. The number of carbonyl (C=O) groups excluding carboxylic acids is 1. The Morgan fingerprint density at radius 1 is 1.29 bits per heavy atom. The van der Waals surface area contributed by atoms with Crippen molar-refractivity contribution in [3.8, 4) is 0 Å². The van der Waals surface area contributed by atoms with E-state index in [0.29, 0.717) is 12.5 Å². The summed E-state index contributed by atoms with van der Waals surface area (Å²) in [5, 5.41) is 3.24. The molecule has 0 aliphatic heterocycles. The lowest BCUT2D eigenvalue weighted by molar-refractivity contribution is -0.143. The highest BCUT2D eigenvalue weighted by molar-refractivity contribution is 5.75. The van der Waals surface area contributed by atoms with E-state index in [4.69, 9.17) is 4.74 Å². The van der Waals surface area contributed by atoms with E-state index in [9.17, 15) is 4.79 Å². The minimum Gasteiger partial charge on any atom is -0.468 e. The van der Waals surface area contributed by atoms with Crippen LogP contribution in [0.25, 0.3) is 0 Å². The van der Waals surface area contributed by atoms with Gasteiger partial charge in [-0.05, 0) is 17.9 Å². The van der Waals surface area contributed by atoms with E-state index in [1.54, 1.807) is 0 Å². The van der Waals surface area contributed by atoms with E-state index in [1.165, 1.54) is 12.7 Å². The van der Waals surface area contributed by atoms with E-state index in [0.717, 1.165) is 6.42 Å². The molecule has 3 heteroatoms. The molecule has 1 aromatic carbocycles. The molecule has 0 amide bonds. The van der Waals surface area contributed by atoms with E-state index in [-0.39, 0.29) is 12.0 Å². The Balaban J connectivity index is 2.52. The van der Waals surface area contributed by atoms with E-state index >= 15 is 0 Å². The predicted octanol–water partition coefficient (Wildman–Crippen LogP) is 2.36. The monoisotopic (exact) mass is 235 g/mol. The van der Waals surface area contributed by atoms with Crippen molar-refractivity contribution in [2.45, 2.75) is 32.9 Å². The summed E-state index contributed by atoms with van der Waals surface area (Å²) in [5.41, 5.74) is 1.17. The van der Waals surface area contributed by atoms with Gasteiger partial charge in [-0.2, -0.15) is 0 Å². The summed E-state index contributed by atoms with van der Waals surface area (Å²) >= 11 is 0. The van der Waals surface area contributed by atoms with Crippen molar-refractivity contribution in [1.82, 2.24) is 5.32 Å². The first-order valence-corrected chi connectivity index (χ1v) is 5.98. The molecule has 0 unspecified atom stereocenters. The van der Waals surface area contributed by atoms with Crippen molar-refractivity contribution in [3.63, 3.8) is 0 Å². The molecule has 3 nitrogen and oxygen atoms in total. The molecule has 0 aliphatic carbocycles. The maximum atomic E-state index is 11.6. The molecule has 0 radical (unpaired) electrons. The fourth-order valence-corrected chi connectivity index (χ4v) is 1.71. The zero-order valence-electron chi connectivity index (χ0n) is 10.8. The van der Waals surface area contributed by atoms with E-state index < -0.39 is 0 Å². The molecule has 0 aliphatic rings. The highest BCUT2D eigenvalue weighted by atomic mass is 16.5. The Hall–Kier alpha value is -1.35. The van der Waals surface area contributed by atoms with Gasteiger partial charge in [0.1, 0.15) is 6.04 Å². The number of rotatable bonds is 6. The highest BCUT2D eigenvalue weighted by Crippen LogP contribution is 2.07. The smallest absolute Gasteiger partial charge is 0.322 e. The molecule has 1 atom stereocenters. The number of carbonyl (C=O) groups is 1. The minimum absolute atomic E-state index is 0.186. The fraction of sp³-hybridized carbons (Fsp3) is 0.500. The third kappa shape index (κ3) is 5.00. The normalized spacial score (nSPS) is 12.5. The fourth-order valence-electron chi connectivity index (χ4n) is 1.71. The summed E-state index contributed by atoms with van der Waals surface area (Å²) in [4.78, 5) is 11.6. The number of nitrogens with one attached hydrogen (secondary N) is 1. The van der Waals surface area contributed by atoms with Crippen LogP contribution in [0.4, 0.5) is 0 Å². The van der Waals surface area contributed by atoms with Gasteiger partial charge in [0.25, 0.3) is 0 Å². The van der Waals surface area contributed by atoms with Crippen molar-refractivity contribution in [3.05, 3.63) is 35.9 Å². The van der Waals surface area contributed by atoms with Crippen molar-refractivity contribution >= 4 is 5.97 Å². The highest BCUT2D eigenvalue weighted by Gasteiger charge is 2.19. The van der Waals surface area contributed by atoms with Gasteiger partial charge in [-0.25, -0.2) is 0 Å². The summed E-state index contributed by atoms with van der Waals surface area (Å²) in [6, 6.07) is 9.82. The molecule has 0 aromatic heterocycles. The standard InChI is InChI=1S/C14H21NO2/c1-11(2)9-13(14(16)17-3)15-10-12-7-5-4-6-8-12/h4-8,11,13,15H,9-10H2,1-3H3/t13-/m1/s1. The second kappa shape index (κ2) is 7.07. The van der Waals surface area contributed by atoms with Gasteiger partial charge in [-0.1, -0.05) is 44.2 Å². The van der Waals surface area contributed by atoms with Gasteiger partial charge in [0.15, 0.2) is 0 Å². The predicted molar refractivity (Wildman–Crippen MR) is 68.5 cm³/mol. The van der Waals surface area contributed by atoms with Gasteiger partial charge in [0.05, 0.1) is 7.11 Å². The van der Waals surface area contributed by atoms with Crippen LogP contribution in [0.5, 0.6) is 0 Å². The molecule has 0 fully saturated rings. The quantitative estimate of drug-likeness (QED) is 0.769. The summed E-state index contributed by atoms with van der Waals surface area (Å²) < 4.78 is 4.80. The number of hydrogen-bond acceptors (Lipinski definition) is 3. The second-order valence-electron chi connectivity index (χ2n) is 4.57. The minimum atomic E-state index is -0.222. The maximum Gasteiger partial charge on any atom is 0.322 e. The molecule has 0 saturated carbocycles. The van der Waals surface area contributed by atoms with Gasteiger partial charge in [-0.3, -0.25) is 4.79 Å². The van der Waals surface area contributed by atoms with Crippen LogP contribution in [-0.2, 0) is 16.1 Å². The molecule has 0 saturated heterocycles. The summed E-state index contributed by atoms with van der Waals surface area (Å²) in [7, 11) is 1.43. The van der Waals surface area contributed by atoms with Crippen LogP contribution >= 0.6 is 0 Å². The molecular weight excluding hydrogens is 214 g/mol. The van der Waals surface area contributed by atoms with Crippen LogP contribution in [0.3, 0.4) is 0 Å². The summed E-state index contributed by atoms with van der Waals surface area (Å²) in [5.74, 6) is 0.275. The first-order valence-electron chi connectivity index (χ1n) is 5.98. The molecular formula is C14H21NO2. The summed E-state index contributed by atoms with van der Waals surface area (Å²) in [6.07, 6.45) is 0.791. The number of hydrogen-bond donors (Lipinski definition) is 1. The van der Waals surface area contributed by atoms with Crippen LogP contribution in [0, 0.1) is 5.92 Å². The van der Waals surface area contributed by atoms with Gasteiger partial charge in [-0.15, -0.1) is 0 Å².